The fraction of sp³-hybridized carbons (Fsp3) is 0.118. The number of benzene rings is 1. The number of rotatable bonds is 2. The Morgan fingerprint density at radius 3 is 2.72 bits per heavy atom. The quantitative estimate of drug-likeness (QED) is 0.703. The molecule has 1 aliphatic heterocycles. The molecule has 0 radical (unpaired) electrons. The van der Waals surface area contributed by atoms with Crippen LogP contribution in [0.2, 0.25) is 0 Å². The molecular formula is C17H11F3N4O. The van der Waals surface area contributed by atoms with E-state index >= 15 is 0 Å². The number of carbonyl (C=O) groups excluding carboxylic acids is 1. The predicted molar refractivity (Wildman–Crippen MR) is 83.2 cm³/mol. The van der Waals surface area contributed by atoms with Crippen molar-refractivity contribution in [2.75, 3.05) is 6.54 Å². The Hall–Kier alpha value is -3.16. The maximum atomic E-state index is 14.0. The summed E-state index contributed by atoms with van der Waals surface area (Å²) in [4.78, 5) is 23.0. The predicted octanol–water partition coefficient (Wildman–Crippen LogP) is 2.84. The average Bonchev–Trinajstić information content (AvgIpc) is 3.04. The third-order valence-corrected chi connectivity index (χ3v) is 3.97. The van der Waals surface area contributed by atoms with E-state index in [9.17, 15) is 18.0 Å². The fourth-order valence-electron chi connectivity index (χ4n) is 2.79. The van der Waals surface area contributed by atoms with Crippen molar-refractivity contribution in [2.45, 2.75) is 6.42 Å². The summed E-state index contributed by atoms with van der Waals surface area (Å²) >= 11 is 0. The molecule has 0 aliphatic carbocycles. The minimum Gasteiger partial charge on any atom is -0.356 e. The second-order valence-corrected chi connectivity index (χ2v) is 5.60. The van der Waals surface area contributed by atoms with Crippen LogP contribution in [-0.2, 0) is 6.42 Å². The molecule has 0 unspecified atom stereocenters. The largest absolute Gasteiger partial charge is 0.356 e. The van der Waals surface area contributed by atoms with Crippen molar-refractivity contribution in [2.24, 2.45) is 0 Å². The number of aromatic amines is 1. The van der Waals surface area contributed by atoms with Gasteiger partial charge >= 0.3 is 0 Å². The molecule has 4 rings (SSSR count). The number of aromatic nitrogens is 3. The van der Waals surface area contributed by atoms with Crippen molar-refractivity contribution < 1.29 is 18.0 Å². The maximum Gasteiger partial charge on any atom is 0.253 e. The smallest absolute Gasteiger partial charge is 0.253 e. The number of hydrogen-bond acceptors (Lipinski definition) is 3. The Labute approximate surface area is 139 Å². The Balaban J connectivity index is 1.80. The maximum absolute atomic E-state index is 14.0. The zero-order chi connectivity index (χ0) is 17.6. The van der Waals surface area contributed by atoms with E-state index < -0.39 is 17.5 Å². The molecule has 0 spiro atoms. The van der Waals surface area contributed by atoms with Gasteiger partial charge in [0.2, 0.25) is 0 Å². The number of halogens is 3. The Bertz CT molecular complexity index is 1000. The number of nitrogens with one attached hydrogen (secondary N) is 2. The highest BCUT2D eigenvalue weighted by Gasteiger charge is 2.21. The first kappa shape index (κ1) is 15.4. The zero-order valence-corrected chi connectivity index (χ0v) is 12.7. The van der Waals surface area contributed by atoms with Gasteiger partial charge in [-0.3, -0.25) is 4.79 Å². The first-order valence-corrected chi connectivity index (χ1v) is 7.51. The summed E-state index contributed by atoms with van der Waals surface area (Å²) in [6.45, 7) is 0.536. The average molecular weight is 344 g/mol. The summed E-state index contributed by atoms with van der Waals surface area (Å²) in [5.74, 6) is -3.78. The van der Waals surface area contributed by atoms with Crippen molar-refractivity contribution in [3.63, 3.8) is 0 Å². The van der Waals surface area contributed by atoms with Crippen LogP contribution in [0.4, 0.5) is 13.2 Å². The molecular weight excluding hydrogens is 333 g/mol. The minimum absolute atomic E-state index is 0.148. The highest BCUT2D eigenvalue weighted by Crippen LogP contribution is 2.26. The summed E-state index contributed by atoms with van der Waals surface area (Å²) < 4.78 is 40.8. The molecule has 2 N–H and O–H groups in total. The first-order valence-electron chi connectivity index (χ1n) is 7.51. The molecule has 1 amide bonds. The second-order valence-electron chi connectivity index (χ2n) is 5.60. The molecule has 0 saturated heterocycles. The molecule has 3 aromatic rings. The normalized spacial score (nSPS) is 13.5. The summed E-state index contributed by atoms with van der Waals surface area (Å²) in [7, 11) is 0. The number of hydrogen-bond donors (Lipinski definition) is 2. The van der Waals surface area contributed by atoms with Crippen molar-refractivity contribution in [1.29, 1.82) is 0 Å². The number of carbonyl (C=O) groups is 1. The molecule has 0 saturated carbocycles. The lowest BCUT2D eigenvalue weighted by molar-refractivity contribution is 0.0946. The molecule has 1 aromatic carbocycles. The van der Waals surface area contributed by atoms with Gasteiger partial charge in [0.05, 0.1) is 22.5 Å². The molecule has 8 heteroatoms. The number of amides is 1. The van der Waals surface area contributed by atoms with Gasteiger partial charge in [0.15, 0.2) is 17.5 Å². The third-order valence-electron chi connectivity index (χ3n) is 3.97. The lowest BCUT2D eigenvalue weighted by atomic mass is 10.1. The van der Waals surface area contributed by atoms with Crippen molar-refractivity contribution in [1.82, 2.24) is 20.3 Å². The number of H-pyrrole nitrogens is 1. The van der Waals surface area contributed by atoms with Crippen molar-refractivity contribution in [3.05, 3.63) is 59.2 Å². The Morgan fingerprint density at radius 2 is 1.92 bits per heavy atom. The van der Waals surface area contributed by atoms with E-state index in [-0.39, 0.29) is 17.3 Å². The Morgan fingerprint density at radius 1 is 1.08 bits per heavy atom. The van der Waals surface area contributed by atoms with Gasteiger partial charge in [0.1, 0.15) is 5.82 Å². The first-order chi connectivity index (χ1) is 12.0. The highest BCUT2D eigenvalue weighted by atomic mass is 19.2. The summed E-state index contributed by atoms with van der Waals surface area (Å²) in [5, 5.41) is 2.74. The van der Waals surface area contributed by atoms with Crippen LogP contribution in [0, 0.1) is 17.5 Å². The molecule has 0 atom stereocenters. The Kier molecular flexibility index (Phi) is 3.52. The third kappa shape index (κ3) is 2.65. The number of nitrogens with zero attached hydrogens (tertiary/aromatic N) is 2. The lowest BCUT2D eigenvalue weighted by Crippen LogP contribution is -2.31. The van der Waals surface area contributed by atoms with Gasteiger partial charge in [-0.1, -0.05) is 0 Å². The molecule has 1 aliphatic rings. The van der Waals surface area contributed by atoms with Crippen LogP contribution in [0.15, 0.2) is 30.5 Å². The van der Waals surface area contributed by atoms with E-state index in [1.54, 1.807) is 12.1 Å². The monoisotopic (exact) mass is 344 g/mol. The molecule has 0 bridgehead atoms. The van der Waals surface area contributed by atoms with Crippen LogP contribution in [0.3, 0.4) is 0 Å². The standard InChI is InChI=1S/C17H11F3N4O/c18-8-5-10(15(20)11(19)6-8)16-21-3-2-13(24-16)14-7-9-12(23-14)1-4-22-17(9)25/h2-3,5-7,23H,1,4H2,(H,22,25). The summed E-state index contributed by atoms with van der Waals surface area (Å²) in [6, 6.07) is 4.50. The van der Waals surface area contributed by atoms with Crippen LogP contribution >= 0.6 is 0 Å². The van der Waals surface area contributed by atoms with Crippen LogP contribution in [0.1, 0.15) is 16.1 Å². The SMILES string of the molecule is O=C1NCCc2[nH]c(-c3ccnc(-c4cc(F)cc(F)c4F)n3)cc21. The van der Waals surface area contributed by atoms with Gasteiger partial charge in [-0.15, -0.1) is 0 Å². The minimum atomic E-state index is -1.31. The van der Waals surface area contributed by atoms with E-state index in [1.807, 2.05) is 0 Å². The molecule has 25 heavy (non-hydrogen) atoms. The van der Waals surface area contributed by atoms with Crippen molar-refractivity contribution >= 4 is 5.91 Å². The van der Waals surface area contributed by atoms with E-state index in [4.69, 9.17) is 0 Å². The molecule has 0 fully saturated rings. The zero-order valence-electron chi connectivity index (χ0n) is 12.7. The van der Waals surface area contributed by atoms with E-state index in [0.29, 0.717) is 36.0 Å². The van der Waals surface area contributed by atoms with Crippen LogP contribution in [-0.4, -0.2) is 27.4 Å². The van der Waals surface area contributed by atoms with E-state index in [2.05, 4.69) is 20.3 Å². The molecule has 3 heterocycles. The van der Waals surface area contributed by atoms with E-state index in [0.717, 1.165) is 11.8 Å². The number of fused-ring (bicyclic) bond motifs is 1. The van der Waals surface area contributed by atoms with Crippen molar-refractivity contribution in [3.8, 4) is 22.8 Å². The van der Waals surface area contributed by atoms with Gasteiger partial charge < -0.3 is 10.3 Å². The fourth-order valence-corrected chi connectivity index (χ4v) is 2.79. The van der Waals surface area contributed by atoms with Gasteiger partial charge in [-0.25, -0.2) is 23.1 Å². The molecule has 5 nitrogen and oxygen atoms in total. The van der Waals surface area contributed by atoms with Gasteiger partial charge in [0, 0.05) is 30.9 Å². The van der Waals surface area contributed by atoms with Crippen LogP contribution in [0.25, 0.3) is 22.8 Å². The van der Waals surface area contributed by atoms with Crippen LogP contribution in [0.5, 0.6) is 0 Å². The van der Waals surface area contributed by atoms with Gasteiger partial charge in [0.25, 0.3) is 5.91 Å². The van der Waals surface area contributed by atoms with Gasteiger partial charge in [-0.2, -0.15) is 0 Å². The highest BCUT2D eigenvalue weighted by molar-refractivity contribution is 5.97. The van der Waals surface area contributed by atoms with Crippen LogP contribution < -0.4 is 5.32 Å². The van der Waals surface area contributed by atoms with E-state index in [1.165, 1.54) is 6.20 Å². The summed E-state index contributed by atoms with van der Waals surface area (Å²) in [6.07, 6.45) is 2.02. The second kappa shape index (κ2) is 5.73. The summed E-state index contributed by atoms with van der Waals surface area (Å²) in [5.41, 5.74) is 1.86. The lowest BCUT2D eigenvalue weighted by Gasteiger charge is -2.10. The molecule has 126 valence electrons. The topological polar surface area (TPSA) is 70.7 Å². The molecule has 2 aromatic heterocycles. The van der Waals surface area contributed by atoms with Gasteiger partial charge in [-0.05, 0) is 18.2 Å².